The lowest BCUT2D eigenvalue weighted by Crippen LogP contribution is -2.44. The summed E-state index contributed by atoms with van der Waals surface area (Å²) >= 11 is 0. The van der Waals surface area contributed by atoms with Crippen LogP contribution < -0.4 is 0 Å². The van der Waals surface area contributed by atoms with Gasteiger partial charge in [0.2, 0.25) is 8.32 Å². The predicted molar refractivity (Wildman–Crippen MR) is 92.7 cm³/mol. The summed E-state index contributed by atoms with van der Waals surface area (Å²) in [5.41, 5.74) is -0.638. The maximum absolute atomic E-state index is 12.5. The molecule has 1 aliphatic carbocycles. The van der Waals surface area contributed by atoms with E-state index in [1.54, 1.807) is 0 Å². The maximum Gasteiger partial charge on any atom is 0.319 e. The third kappa shape index (κ3) is 3.75. The Balaban J connectivity index is 3.05. The van der Waals surface area contributed by atoms with Crippen LogP contribution in [-0.2, 0) is 14.0 Å². The van der Waals surface area contributed by atoms with Crippen LogP contribution in [0.5, 0.6) is 0 Å². The van der Waals surface area contributed by atoms with E-state index in [2.05, 4.69) is 45.9 Å². The first-order chi connectivity index (χ1) is 10.1. The number of terminal acetylenes is 1. The van der Waals surface area contributed by atoms with E-state index in [1.807, 2.05) is 0 Å². The molecule has 0 bridgehead atoms. The van der Waals surface area contributed by atoms with Crippen molar-refractivity contribution in [2.45, 2.75) is 71.0 Å². The highest BCUT2D eigenvalue weighted by molar-refractivity contribution is 6.74. The first-order valence-corrected chi connectivity index (χ1v) is 10.9. The predicted octanol–water partition coefficient (Wildman–Crippen LogP) is 4.65. The average molecular weight is 323 g/mol. The Kier molecular flexibility index (Phi) is 5.92. The van der Waals surface area contributed by atoms with Crippen molar-refractivity contribution >= 4 is 14.3 Å². The number of ether oxygens (including phenoxy) is 1. The van der Waals surface area contributed by atoms with Gasteiger partial charge in [0.05, 0.1) is 12.9 Å². The van der Waals surface area contributed by atoms with E-state index >= 15 is 0 Å². The molecule has 0 amide bonds. The van der Waals surface area contributed by atoms with Crippen LogP contribution in [0, 0.1) is 17.8 Å². The minimum atomic E-state index is -1.98. The molecule has 22 heavy (non-hydrogen) atoms. The molecule has 0 N–H and O–H groups in total. The minimum absolute atomic E-state index is 0.0943. The summed E-state index contributed by atoms with van der Waals surface area (Å²) in [5.74, 6) is 3.28. The summed E-state index contributed by atoms with van der Waals surface area (Å²) in [4.78, 5) is 12.5. The van der Waals surface area contributed by atoms with E-state index in [0.717, 1.165) is 25.0 Å². The Labute approximate surface area is 136 Å². The molecular formula is C18H30O3Si. The number of carbonyl (C=O) groups is 1. The van der Waals surface area contributed by atoms with Gasteiger partial charge in [-0.3, -0.25) is 4.79 Å². The molecule has 124 valence electrons. The highest BCUT2D eigenvalue weighted by Gasteiger charge is 2.50. The number of methoxy groups -OCH3 is 1. The van der Waals surface area contributed by atoms with Gasteiger partial charge in [0.25, 0.3) is 0 Å². The quantitative estimate of drug-likeness (QED) is 0.309. The van der Waals surface area contributed by atoms with Gasteiger partial charge in [-0.15, -0.1) is 12.3 Å². The highest BCUT2D eigenvalue weighted by Crippen LogP contribution is 2.48. The summed E-state index contributed by atoms with van der Waals surface area (Å²) in [7, 11) is -0.529. The van der Waals surface area contributed by atoms with Gasteiger partial charge in [0.1, 0.15) is 5.41 Å². The second kappa shape index (κ2) is 6.91. The summed E-state index contributed by atoms with van der Waals surface area (Å²) in [6.45, 7) is 11.0. The number of esters is 1. The van der Waals surface area contributed by atoms with Crippen LogP contribution in [-0.4, -0.2) is 21.4 Å². The van der Waals surface area contributed by atoms with Crippen LogP contribution in [0.3, 0.4) is 0 Å². The van der Waals surface area contributed by atoms with E-state index in [-0.39, 0.29) is 11.0 Å². The second-order valence-electron chi connectivity index (χ2n) is 7.60. The Bertz CT molecular complexity index is 480. The fraction of sp³-hybridized carbons (Fsp3) is 0.722. The van der Waals surface area contributed by atoms with Gasteiger partial charge in [-0.1, -0.05) is 20.8 Å². The first-order valence-electron chi connectivity index (χ1n) is 8.02. The lowest BCUT2D eigenvalue weighted by Gasteiger charge is -2.40. The van der Waals surface area contributed by atoms with E-state index < -0.39 is 13.7 Å². The van der Waals surface area contributed by atoms with Crippen molar-refractivity contribution in [3.63, 3.8) is 0 Å². The van der Waals surface area contributed by atoms with Crippen molar-refractivity contribution in [3.8, 4) is 12.3 Å². The van der Waals surface area contributed by atoms with Gasteiger partial charge in [-0.05, 0) is 49.9 Å². The van der Waals surface area contributed by atoms with E-state index in [0.29, 0.717) is 12.8 Å². The lowest BCUT2D eigenvalue weighted by molar-refractivity contribution is -0.152. The number of unbranched alkanes of at least 4 members (excludes halogenated alkanes) is 1. The first kappa shape index (κ1) is 18.8. The summed E-state index contributed by atoms with van der Waals surface area (Å²) in [6, 6.07) is 0. The van der Waals surface area contributed by atoms with Crippen LogP contribution in [0.25, 0.3) is 0 Å². The molecule has 0 spiro atoms. The highest BCUT2D eigenvalue weighted by atomic mass is 28.4. The molecule has 1 aliphatic rings. The Morgan fingerprint density at radius 1 is 1.45 bits per heavy atom. The van der Waals surface area contributed by atoms with Crippen molar-refractivity contribution in [2.75, 3.05) is 7.11 Å². The van der Waals surface area contributed by atoms with Crippen LogP contribution in [0.4, 0.5) is 0 Å². The molecule has 0 aromatic carbocycles. The van der Waals surface area contributed by atoms with Gasteiger partial charge in [0.15, 0.2) is 0 Å². The normalized spacial score (nSPS) is 22.0. The molecule has 0 fully saturated rings. The third-order valence-electron chi connectivity index (χ3n) is 5.04. The van der Waals surface area contributed by atoms with Crippen molar-refractivity contribution in [1.82, 2.24) is 0 Å². The molecule has 1 unspecified atom stereocenters. The SMILES string of the molecule is C#CCCCC1(C(=O)OC)CCC=C1O[Si](C)(C)C(C)(C)C. The molecule has 0 radical (unpaired) electrons. The summed E-state index contributed by atoms with van der Waals surface area (Å²) < 4.78 is 11.6. The fourth-order valence-electron chi connectivity index (χ4n) is 2.58. The smallest absolute Gasteiger partial charge is 0.319 e. The number of rotatable bonds is 6. The molecule has 0 heterocycles. The van der Waals surface area contributed by atoms with Gasteiger partial charge >= 0.3 is 5.97 Å². The van der Waals surface area contributed by atoms with Crippen molar-refractivity contribution in [2.24, 2.45) is 5.41 Å². The molecule has 0 aromatic rings. The fourth-order valence-corrected chi connectivity index (χ4v) is 3.71. The molecule has 0 aromatic heterocycles. The van der Waals surface area contributed by atoms with E-state index in [4.69, 9.17) is 15.6 Å². The molecule has 4 heteroatoms. The van der Waals surface area contributed by atoms with E-state index in [1.165, 1.54) is 7.11 Å². The third-order valence-corrected chi connectivity index (χ3v) is 9.39. The molecule has 3 nitrogen and oxygen atoms in total. The molecule has 0 saturated heterocycles. The van der Waals surface area contributed by atoms with Crippen molar-refractivity contribution in [1.29, 1.82) is 0 Å². The van der Waals surface area contributed by atoms with Crippen LogP contribution in [0.15, 0.2) is 11.8 Å². The van der Waals surface area contributed by atoms with E-state index in [9.17, 15) is 4.79 Å². The topological polar surface area (TPSA) is 35.5 Å². The molecule has 1 atom stereocenters. The number of hydrogen-bond acceptors (Lipinski definition) is 3. The lowest BCUT2D eigenvalue weighted by atomic mass is 9.81. The summed E-state index contributed by atoms with van der Waals surface area (Å²) in [5, 5.41) is 0.0943. The standard InChI is InChI=1S/C18H30O3Si/c1-8-9-10-13-18(16(19)20-5)14-11-12-15(18)21-22(6,7)17(2,3)4/h1,12H,9-11,13-14H2,2-7H3. The van der Waals surface area contributed by atoms with Gasteiger partial charge in [-0.25, -0.2) is 0 Å². The zero-order valence-corrected chi connectivity index (χ0v) is 15.9. The number of allylic oxidation sites excluding steroid dienone is 1. The minimum Gasteiger partial charge on any atom is -0.546 e. The zero-order valence-electron chi connectivity index (χ0n) is 14.9. The Hall–Kier alpha value is -1.21. The monoisotopic (exact) mass is 322 g/mol. The van der Waals surface area contributed by atoms with Crippen LogP contribution in [0.2, 0.25) is 18.1 Å². The number of hydrogen-bond donors (Lipinski definition) is 0. The molecule has 0 saturated carbocycles. The Morgan fingerprint density at radius 3 is 2.59 bits per heavy atom. The van der Waals surface area contributed by atoms with Gasteiger partial charge in [0, 0.05) is 6.42 Å². The second-order valence-corrected chi connectivity index (χ2v) is 12.3. The largest absolute Gasteiger partial charge is 0.546 e. The summed E-state index contributed by atoms with van der Waals surface area (Å²) in [6.07, 6.45) is 11.2. The molecule has 1 rings (SSSR count). The molecular weight excluding hydrogens is 292 g/mol. The van der Waals surface area contributed by atoms with Crippen molar-refractivity contribution in [3.05, 3.63) is 11.8 Å². The van der Waals surface area contributed by atoms with Gasteiger partial charge in [-0.2, -0.15) is 0 Å². The van der Waals surface area contributed by atoms with Crippen molar-refractivity contribution < 1.29 is 14.0 Å². The molecule has 0 aliphatic heterocycles. The van der Waals surface area contributed by atoms with Gasteiger partial charge < -0.3 is 9.16 Å². The maximum atomic E-state index is 12.5. The zero-order chi connectivity index (χ0) is 17.0. The average Bonchev–Trinajstić information content (AvgIpc) is 2.80. The number of carbonyl (C=O) groups excluding carboxylic acids is 1. The Morgan fingerprint density at radius 2 is 2.09 bits per heavy atom. The van der Waals surface area contributed by atoms with Crippen LogP contribution in [0.1, 0.15) is 52.9 Å². The van der Waals surface area contributed by atoms with Crippen LogP contribution >= 0.6 is 0 Å².